The molecule has 3 saturated heterocycles. The van der Waals surface area contributed by atoms with Crippen LogP contribution in [0.2, 0.25) is 0 Å². The topological polar surface area (TPSA) is 365 Å². The third-order valence-electron chi connectivity index (χ3n) is 9.92. The molecule has 25 nitrogen and oxygen atoms in total. The Morgan fingerprint density at radius 3 is 2.29 bits per heavy atom. The quantitative estimate of drug-likeness (QED) is 0.0190. The zero-order valence-corrected chi connectivity index (χ0v) is 37.1. The number of unbranched alkanes of at least 4 members (excludes halogenated alkanes) is 1. The molecule has 4 heterocycles. The number of carbonyl (C=O) groups is 4. The highest BCUT2D eigenvalue weighted by atomic mass is 32.2. The number of amides is 3. The van der Waals surface area contributed by atoms with Crippen molar-refractivity contribution in [3.8, 4) is 0 Å². The minimum Gasteiger partial charge on any atom is -0.463 e. The van der Waals surface area contributed by atoms with E-state index in [1.165, 1.54) is 6.20 Å². The van der Waals surface area contributed by atoms with Crippen LogP contribution in [0.3, 0.4) is 0 Å². The number of rotatable bonds is 31. The van der Waals surface area contributed by atoms with Crippen LogP contribution in [0, 0.1) is 0 Å². The van der Waals surface area contributed by atoms with Gasteiger partial charge in [0.05, 0.1) is 58.1 Å². The standard InChI is InChI=1S/C35H58N6O19P2S/c36-32-22(19-41(35(47)40-32)33-30(45)31(60-62(51,52)53)25(59-33)20-58-61(48,49)50)5-3-11-37-27(43)9-10-28(44)57-18-17-56-16-15-55-14-13-54-12-4-7-23(42)6-1-2-8-26-29-24(21-63-26)38-34(46)39-29/h19,24-26,29-31,33,45H,1-18,20-21H2,(H,37,43)(H2,36,40,47)(H2,38,39,46)(H2,48,49,50)(H2,51,52,53)/t24-,25+,26-,29-,30?,31-,33+/m0/s1. The zero-order chi connectivity index (χ0) is 46.0. The molecular weight excluding hydrogens is 902 g/mol. The number of nitrogen functional groups attached to an aromatic ring is 1. The van der Waals surface area contributed by atoms with Crippen LogP contribution in [0.4, 0.5) is 10.6 Å². The minimum atomic E-state index is -5.26. The summed E-state index contributed by atoms with van der Waals surface area (Å²) < 4.78 is 59.2. The Morgan fingerprint density at radius 2 is 1.59 bits per heavy atom. The van der Waals surface area contributed by atoms with Crippen molar-refractivity contribution in [1.29, 1.82) is 0 Å². The number of nitrogens with one attached hydrogen (secondary N) is 3. The lowest BCUT2D eigenvalue weighted by molar-refractivity contribution is -0.146. The summed E-state index contributed by atoms with van der Waals surface area (Å²) in [4.78, 5) is 101. The summed E-state index contributed by atoms with van der Waals surface area (Å²) in [6.45, 7) is 1.06. The molecule has 3 aliphatic rings. The first-order valence-corrected chi connectivity index (χ1v) is 24.5. The number of aliphatic hydroxyl groups is 1. The fraction of sp³-hybridized carbons (Fsp3) is 0.771. The molecule has 4 rings (SSSR count). The molecule has 3 fully saturated rings. The van der Waals surface area contributed by atoms with Crippen molar-refractivity contribution in [3.63, 3.8) is 0 Å². The summed E-state index contributed by atoms with van der Waals surface area (Å²) in [7, 11) is -10.3. The normalized spacial score (nSPS) is 23.3. The van der Waals surface area contributed by atoms with E-state index in [1.807, 2.05) is 11.8 Å². The Bertz CT molecular complexity index is 1820. The van der Waals surface area contributed by atoms with Gasteiger partial charge in [-0.05, 0) is 32.1 Å². The summed E-state index contributed by atoms with van der Waals surface area (Å²) in [6.07, 6.45) is -1.38. The third kappa shape index (κ3) is 19.1. The molecule has 3 amide bonds. The van der Waals surface area contributed by atoms with Crippen LogP contribution in [0.25, 0.3) is 0 Å². The average molecular weight is 961 g/mol. The molecule has 1 unspecified atom stereocenters. The lowest BCUT2D eigenvalue weighted by Crippen LogP contribution is -2.38. The molecule has 358 valence electrons. The Balaban J connectivity index is 0.970. The highest BCUT2D eigenvalue weighted by molar-refractivity contribution is 8.00. The monoisotopic (exact) mass is 960 g/mol. The van der Waals surface area contributed by atoms with E-state index in [-0.39, 0.29) is 87.3 Å². The van der Waals surface area contributed by atoms with E-state index in [2.05, 4.69) is 30.0 Å². The Morgan fingerprint density at radius 1 is 0.905 bits per heavy atom. The molecule has 1 aromatic heterocycles. The van der Waals surface area contributed by atoms with Crippen LogP contribution in [0.15, 0.2) is 11.0 Å². The van der Waals surface area contributed by atoms with Crippen LogP contribution >= 0.6 is 27.4 Å². The second-order valence-corrected chi connectivity index (χ2v) is 18.5. The van der Waals surface area contributed by atoms with Crippen molar-refractivity contribution in [2.24, 2.45) is 0 Å². The van der Waals surface area contributed by atoms with Gasteiger partial charge in [-0.1, -0.05) is 6.42 Å². The molecule has 63 heavy (non-hydrogen) atoms. The second kappa shape index (κ2) is 26.2. The number of nitrogens with two attached hydrogens (primary N) is 1. The van der Waals surface area contributed by atoms with Crippen LogP contribution in [-0.2, 0) is 62.7 Å². The van der Waals surface area contributed by atoms with Crippen molar-refractivity contribution >= 4 is 56.9 Å². The molecular formula is C35H58N6O19P2S. The molecule has 0 radical (unpaired) electrons. The summed E-state index contributed by atoms with van der Waals surface area (Å²) in [5, 5.41) is 19.7. The fourth-order valence-electron chi connectivity index (χ4n) is 6.89. The van der Waals surface area contributed by atoms with Gasteiger partial charge in [0.15, 0.2) is 6.23 Å². The Labute approximate surface area is 366 Å². The number of aliphatic hydroxyl groups excluding tert-OH is 1. The van der Waals surface area contributed by atoms with Gasteiger partial charge >= 0.3 is 33.3 Å². The van der Waals surface area contributed by atoms with Gasteiger partial charge in [-0.25, -0.2) is 18.7 Å². The van der Waals surface area contributed by atoms with Crippen molar-refractivity contribution < 1.29 is 85.7 Å². The molecule has 0 bridgehead atoms. The van der Waals surface area contributed by atoms with Gasteiger partial charge < -0.3 is 70.0 Å². The Hall–Kier alpha value is -3.07. The van der Waals surface area contributed by atoms with Gasteiger partial charge in [-0.3, -0.25) is 28.0 Å². The SMILES string of the molecule is Nc1nc(=O)n([C@@H]2O[C@H](COP(=O)(O)O)[C@H](OP(=O)(O)O)C2O)cc1CCCNC(=O)CCC(=O)OCCOCCOCCOCCCC(=O)CCCC[C@@H]1SC[C@@H]2NC(=O)N[C@@H]21. The molecule has 3 aliphatic heterocycles. The van der Waals surface area contributed by atoms with Crippen LogP contribution < -0.4 is 27.4 Å². The first-order chi connectivity index (χ1) is 29.9. The number of phosphoric ester groups is 2. The summed E-state index contributed by atoms with van der Waals surface area (Å²) in [6, 6.07) is 0.318. The number of ether oxygens (including phenoxy) is 5. The van der Waals surface area contributed by atoms with Gasteiger partial charge in [0.25, 0.3) is 0 Å². The first-order valence-electron chi connectivity index (χ1n) is 20.4. The average Bonchev–Trinajstić information content (AvgIpc) is 3.86. The maximum absolute atomic E-state index is 12.7. The summed E-state index contributed by atoms with van der Waals surface area (Å²) in [5.41, 5.74) is 5.13. The van der Waals surface area contributed by atoms with E-state index in [1.54, 1.807) is 0 Å². The lowest BCUT2D eigenvalue weighted by Gasteiger charge is -2.21. The fourth-order valence-corrected chi connectivity index (χ4v) is 9.35. The zero-order valence-electron chi connectivity index (χ0n) is 34.5. The number of aromatic nitrogens is 2. The maximum atomic E-state index is 12.7. The number of ketones is 1. The van der Waals surface area contributed by atoms with Crippen molar-refractivity contribution in [1.82, 2.24) is 25.5 Å². The Kier molecular flexibility index (Phi) is 21.8. The molecule has 0 saturated carbocycles. The van der Waals surface area contributed by atoms with Crippen LogP contribution in [0.5, 0.6) is 0 Å². The number of carbonyl (C=O) groups excluding carboxylic acids is 4. The summed E-state index contributed by atoms with van der Waals surface area (Å²) >= 11 is 1.88. The van der Waals surface area contributed by atoms with E-state index in [9.17, 15) is 48.0 Å². The maximum Gasteiger partial charge on any atom is 0.470 e. The van der Waals surface area contributed by atoms with Gasteiger partial charge in [-0.15, -0.1) is 0 Å². The molecule has 0 aromatic carbocycles. The molecule has 1 aromatic rings. The number of fused-ring (bicyclic) bond motifs is 1. The number of thioether (sulfide) groups is 1. The van der Waals surface area contributed by atoms with E-state index in [0.717, 1.165) is 29.6 Å². The molecule has 7 atom stereocenters. The summed E-state index contributed by atoms with van der Waals surface area (Å²) in [5.74, 6) is -0.0579. The van der Waals surface area contributed by atoms with Crippen LogP contribution in [0.1, 0.15) is 69.6 Å². The predicted octanol–water partition coefficient (Wildman–Crippen LogP) is -0.832. The molecule has 0 spiro atoms. The number of anilines is 1. The second-order valence-electron chi connectivity index (χ2n) is 14.8. The largest absolute Gasteiger partial charge is 0.470 e. The van der Waals surface area contributed by atoms with Crippen LogP contribution in [-0.4, -0.2) is 159 Å². The molecule has 0 aliphatic carbocycles. The van der Waals surface area contributed by atoms with Gasteiger partial charge in [0.2, 0.25) is 5.91 Å². The van der Waals surface area contributed by atoms with E-state index >= 15 is 0 Å². The first kappa shape index (κ1) is 52.6. The highest BCUT2D eigenvalue weighted by Crippen LogP contribution is 2.45. The molecule has 28 heteroatoms. The van der Waals surface area contributed by atoms with E-state index in [0.29, 0.717) is 50.9 Å². The van der Waals surface area contributed by atoms with Crippen molar-refractivity contribution in [2.75, 3.05) is 70.9 Å². The number of esters is 1. The number of hydrogen-bond donors (Lipinski definition) is 9. The molecule has 10 N–H and O–H groups in total. The van der Waals surface area contributed by atoms with E-state index in [4.69, 9.17) is 39.2 Å². The number of aryl methyl sites for hydroxylation is 1. The smallest absolute Gasteiger partial charge is 0.463 e. The minimum absolute atomic E-state index is 0.0141. The van der Waals surface area contributed by atoms with Crippen molar-refractivity contribution in [2.45, 2.75) is 106 Å². The number of Topliss-reactive ketones (excluding diaryl/α,β-unsaturated/α-hetero) is 1. The number of nitrogens with zero attached hydrogens (tertiary/aromatic N) is 2. The number of urea groups is 1. The van der Waals surface area contributed by atoms with E-state index < -0.39 is 64.4 Å². The lowest BCUT2D eigenvalue weighted by atomic mass is 10.0. The predicted molar refractivity (Wildman–Crippen MR) is 220 cm³/mol. The van der Waals surface area contributed by atoms with Gasteiger partial charge in [0.1, 0.15) is 36.5 Å². The van der Waals surface area contributed by atoms with Gasteiger partial charge in [-0.2, -0.15) is 16.7 Å². The third-order valence-corrected chi connectivity index (χ3v) is 12.4. The van der Waals surface area contributed by atoms with Gasteiger partial charge in [0, 0.05) is 55.2 Å². The number of hydrogen-bond acceptors (Lipinski definition) is 18. The number of phosphoric acid groups is 2. The van der Waals surface area contributed by atoms with Crippen molar-refractivity contribution in [3.05, 3.63) is 22.2 Å². The highest BCUT2D eigenvalue weighted by Gasteiger charge is 2.49.